The lowest BCUT2D eigenvalue weighted by molar-refractivity contribution is -0.435. The zero-order chi connectivity index (χ0) is 21.1. The standard InChI is InChI=1S/C22H27N3O3S/c1-22(2)19-13-7-8-14-20(19)25(15-9-10-16-29(26,27)28)21(22)17-23-24(3)18-11-5-4-6-12-18/h4-8,11-14,17,21H,3,9-10,15-16H2,1-2H3/p+1. The van der Waals surface area contributed by atoms with Gasteiger partial charge in [-0.05, 0) is 29.6 Å². The third kappa shape index (κ3) is 4.92. The van der Waals surface area contributed by atoms with Crippen molar-refractivity contribution in [3.8, 4) is 0 Å². The van der Waals surface area contributed by atoms with Gasteiger partial charge >= 0.3 is 0 Å². The second-order valence-corrected chi connectivity index (χ2v) is 9.44. The van der Waals surface area contributed by atoms with E-state index in [9.17, 15) is 8.42 Å². The van der Waals surface area contributed by atoms with Crippen molar-refractivity contribution < 1.29 is 17.7 Å². The molecule has 0 bridgehead atoms. The lowest BCUT2D eigenvalue weighted by Gasteiger charge is -2.31. The van der Waals surface area contributed by atoms with E-state index in [2.05, 4.69) is 42.7 Å². The minimum absolute atomic E-state index is 0.00130. The van der Waals surface area contributed by atoms with Gasteiger partial charge in [0.05, 0.1) is 18.0 Å². The fourth-order valence-corrected chi connectivity index (χ4v) is 4.44. The van der Waals surface area contributed by atoms with Gasteiger partial charge in [0.2, 0.25) is 5.69 Å². The van der Waals surface area contributed by atoms with E-state index >= 15 is 0 Å². The van der Waals surface area contributed by atoms with E-state index in [1.54, 1.807) is 4.68 Å². The third-order valence-corrected chi connectivity index (χ3v) is 6.24. The van der Waals surface area contributed by atoms with Crippen molar-refractivity contribution in [1.82, 2.24) is 0 Å². The highest BCUT2D eigenvalue weighted by Crippen LogP contribution is 2.44. The molecule has 0 amide bonds. The van der Waals surface area contributed by atoms with Gasteiger partial charge in [-0.3, -0.25) is 4.55 Å². The van der Waals surface area contributed by atoms with Crippen LogP contribution in [0.2, 0.25) is 0 Å². The second-order valence-electron chi connectivity index (χ2n) is 7.87. The molecule has 0 saturated heterocycles. The number of hydrazone groups is 1. The van der Waals surface area contributed by atoms with Gasteiger partial charge in [0.1, 0.15) is 0 Å². The summed E-state index contributed by atoms with van der Waals surface area (Å²) < 4.78 is 32.6. The van der Waals surface area contributed by atoms with Crippen LogP contribution in [0, 0.1) is 0 Å². The maximum atomic E-state index is 11.0. The van der Waals surface area contributed by atoms with E-state index in [4.69, 9.17) is 4.55 Å². The maximum absolute atomic E-state index is 11.0. The van der Waals surface area contributed by atoms with Crippen LogP contribution >= 0.6 is 0 Å². The lowest BCUT2D eigenvalue weighted by atomic mass is 9.81. The Kier molecular flexibility index (Phi) is 6.19. The Balaban J connectivity index is 1.82. The smallest absolute Gasteiger partial charge is 0.264 e. The average Bonchev–Trinajstić information content (AvgIpc) is 2.90. The number of benzene rings is 2. The van der Waals surface area contributed by atoms with Gasteiger partial charge in [-0.2, -0.15) is 8.42 Å². The van der Waals surface area contributed by atoms with Gasteiger partial charge in [-0.1, -0.05) is 54.9 Å². The number of hydrogen-bond acceptors (Lipinski definition) is 4. The Hall–Kier alpha value is -2.51. The van der Waals surface area contributed by atoms with E-state index in [-0.39, 0.29) is 17.2 Å². The van der Waals surface area contributed by atoms with Crippen molar-refractivity contribution in [3.05, 3.63) is 60.2 Å². The molecular formula is C22H28N3O3S+. The van der Waals surface area contributed by atoms with Crippen molar-refractivity contribution in [2.75, 3.05) is 17.2 Å². The topological polar surface area (TPSA) is 73.0 Å². The Morgan fingerprint density at radius 2 is 1.79 bits per heavy atom. The monoisotopic (exact) mass is 414 g/mol. The quantitative estimate of drug-likeness (QED) is 0.234. The van der Waals surface area contributed by atoms with Crippen molar-refractivity contribution in [2.24, 2.45) is 5.10 Å². The molecule has 1 aliphatic heterocycles. The first-order valence-corrected chi connectivity index (χ1v) is 11.3. The molecule has 0 radical (unpaired) electrons. The molecule has 6 nitrogen and oxygen atoms in total. The van der Waals surface area contributed by atoms with Gasteiger partial charge < -0.3 is 4.90 Å². The lowest BCUT2D eigenvalue weighted by Crippen LogP contribution is -2.43. The van der Waals surface area contributed by atoms with Crippen LogP contribution in [0.15, 0.2) is 59.7 Å². The van der Waals surface area contributed by atoms with Crippen LogP contribution in [0.5, 0.6) is 0 Å². The summed E-state index contributed by atoms with van der Waals surface area (Å²) in [5, 5.41) is 4.59. The minimum atomic E-state index is -3.93. The Labute approximate surface area is 172 Å². The summed E-state index contributed by atoms with van der Waals surface area (Å²) in [4.78, 5) is 2.27. The average molecular weight is 415 g/mol. The Morgan fingerprint density at radius 1 is 1.14 bits per heavy atom. The maximum Gasteiger partial charge on any atom is 0.264 e. The van der Waals surface area contributed by atoms with Gasteiger partial charge in [-0.25, -0.2) is 0 Å². The summed E-state index contributed by atoms with van der Waals surface area (Å²) in [6.07, 6.45) is 2.98. The van der Waals surface area contributed by atoms with E-state index in [1.807, 2.05) is 48.7 Å². The number of nitrogens with zero attached hydrogens (tertiary/aromatic N) is 3. The molecule has 0 spiro atoms. The summed E-state index contributed by atoms with van der Waals surface area (Å²) in [6, 6.07) is 18.0. The first-order chi connectivity index (χ1) is 13.7. The van der Waals surface area contributed by atoms with Gasteiger partial charge in [0, 0.05) is 29.8 Å². The van der Waals surface area contributed by atoms with E-state index in [0.29, 0.717) is 19.4 Å². The third-order valence-electron chi connectivity index (χ3n) is 5.44. The molecule has 1 aliphatic rings. The largest absolute Gasteiger partial charge is 0.362 e. The Morgan fingerprint density at radius 3 is 2.48 bits per heavy atom. The van der Waals surface area contributed by atoms with Crippen LogP contribution in [-0.2, 0) is 15.5 Å². The normalized spacial score (nSPS) is 18.2. The molecule has 29 heavy (non-hydrogen) atoms. The molecule has 2 aromatic carbocycles. The highest BCUT2D eigenvalue weighted by Gasteiger charge is 2.43. The van der Waals surface area contributed by atoms with Crippen LogP contribution in [0.4, 0.5) is 11.4 Å². The summed E-state index contributed by atoms with van der Waals surface area (Å²) in [6.45, 7) is 9.07. The minimum Gasteiger partial charge on any atom is -0.362 e. The van der Waals surface area contributed by atoms with Crippen molar-refractivity contribution in [1.29, 1.82) is 0 Å². The molecule has 0 aliphatic carbocycles. The zero-order valence-electron chi connectivity index (χ0n) is 16.9. The first-order valence-electron chi connectivity index (χ1n) is 9.71. The highest BCUT2D eigenvalue weighted by molar-refractivity contribution is 7.85. The van der Waals surface area contributed by atoms with E-state index < -0.39 is 10.1 Å². The van der Waals surface area contributed by atoms with Crippen LogP contribution in [0.1, 0.15) is 32.3 Å². The van der Waals surface area contributed by atoms with Gasteiger partial charge in [0.25, 0.3) is 10.1 Å². The molecule has 0 aromatic heterocycles. The summed E-state index contributed by atoms with van der Waals surface area (Å²) in [5.74, 6) is -0.217. The molecule has 1 atom stereocenters. The molecule has 7 heteroatoms. The predicted octanol–water partition coefficient (Wildman–Crippen LogP) is 3.85. The molecular weight excluding hydrogens is 386 g/mol. The summed E-state index contributed by atoms with van der Waals surface area (Å²) in [5.41, 5.74) is 3.11. The van der Waals surface area contributed by atoms with Gasteiger partial charge in [-0.15, -0.1) is 0 Å². The Bertz CT molecular complexity index is 1000. The van der Waals surface area contributed by atoms with Crippen molar-refractivity contribution in [2.45, 2.75) is 38.1 Å². The number of fused-ring (bicyclic) bond motifs is 1. The molecule has 1 heterocycles. The van der Waals surface area contributed by atoms with Gasteiger partial charge in [0.15, 0.2) is 6.72 Å². The second kappa shape index (κ2) is 8.47. The molecule has 1 N–H and O–H groups in total. The zero-order valence-corrected chi connectivity index (χ0v) is 17.7. The number of unbranched alkanes of at least 4 members (excludes halogenated alkanes) is 1. The van der Waals surface area contributed by atoms with Crippen LogP contribution < -0.4 is 4.90 Å². The van der Waals surface area contributed by atoms with Crippen LogP contribution in [-0.4, -0.2) is 48.9 Å². The molecule has 0 fully saturated rings. The SMILES string of the molecule is C=[N+](N=CC1N(CCCCS(=O)(=O)O)c2ccccc2C1(C)C)c1ccccc1. The number of para-hydroxylation sites is 2. The summed E-state index contributed by atoms with van der Waals surface area (Å²) in [7, 11) is -3.93. The highest BCUT2D eigenvalue weighted by atomic mass is 32.2. The van der Waals surface area contributed by atoms with Crippen LogP contribution in [0.3, 0.4) is 0 Å². The molecule has 0 saturated carbocycles. The predicted molar refractivity (Wildman–Crippen MR) is 118 cm³/mol. The van der Waals surface area contributed by atoms with Crippen molar-refractivity contribution in [3.63, 3.8) is 0 Å². The van der Waals surface area contributed by atoms with Crippen LogP contribution in [0.25, 0.3) is 0 Å². The molecule has 1 unspecified atom stereocenters. The van der Waals surface area contributed by atoms with Crippen molar-refractivity contribution >= 4 is 34.4 Å². The first kappa shape index (κ1) is 21.2. The van der Waals surface area contributed by atoms with E-state index in [0.717, 1.165) is 11.4 Å². The van der Waals surface area contributed by atoms with E-state index in [1.165, 1.54) is 5.56 Å². The fraction of sp³-hybridized carbons (Fsp3) is 0.364. The molecule has 154 valence electrons. The number of rotatable bonds is 8. The summed E-state index contributed by atoms with van der Waals surface area (Å²) >= 11 is 0. The molecule has 3 rings (SSSR count). The number of hydrogen-bond donors (Lipinski definition) is 1. The molecule has 2 aromatic rings. The fourth-order valence-electron chi connectivity index (χ4n) is 3.87. The number of anilines is 1.